The Morgan fingerprint density at radius 1 is 1.31 bits per heavy atom. The van der Waals surface area contributed by atoms with Crippen LogP contribution in [0.1, 0.15) is 43.2 Å². The number of carbonyl (C=O) groups is 2. The number of nitrogens with zero attached hydrogens (tertiary/aromatic N) is 1. The molecule has 0 aliphatic rings. The van der Waals surface area contributed by atoms with Crippen molar-refractivity contribution in [1.82, 2.24) is 10.3 Å². The molecule has 6 nitrogen and oxygen atoms in total. The van der Waals surface area contributed by atoms with Gasteiger partial charge in [0, 0.05) is 24.1 Å². The molecule has 0 aliphatic carbocycles. The first-order valence-electron chi connectivity index (χ1n) is 8.54. The lowest BCUT2D eigenvalue weighted by molar-refractivity contribution is -0.132. The van der Waals surface area contributed by atoms with E-state index in [9.17, 15) is 9.59 Å². The molecular formula is C19H24N2O4S. The van der Waals surface area contributed by atoms with Gasteiger partial charge in [0.05, 0.1) is 0 Å². The molecule has 0 bridgehead atoms. The molecule has 1 amide bonds. The number of benzene rings is 1. The number of carboxylic acid groups (broad SMARTS) is 1. The van der Waals surface area contributed by atoms with Gasteiger partial charge in [0.2, 0.25) is 5.91 Å². The van der Waals surface area contributed by atoms with Crippen LogP contribution in [0.15, 0.2) is 29.6 Å². The molecular weight excluding hydrogens is 352 g/mol. The second-order valence-electron chi connectivity index (χ2n) is 6.46. The largest absolute Gasteiger partial charge is 0.476 e. The number of nitrogens with one attached hydrogen (secondary N) is 1. The van der Waals surface area contributed by atoms with Crippen molar-refractivity contribution in [2.24, 2.45) is 5.92 Å². The molecule has 2 aromatic rings. The predicted molar refractivity (Wildman–Crippen MR) is 101 cm³/mol. The standard InChI is InChI=1S/C19H24N2O4S/c1-12(2)7-8-25-13(3)17(22)20-10-14-5-4-6-15(9-14)18-21-16(11-26-18)19(23)24/h4-6,9,11-13H,7-8,10H2,1-3H3,(H,20,22)(H,23,24). The van der Waals surface area contributed by atoms with Crippen molar-refractivity contribution in [1.29, 1.82) is 0 Å². The van der Waals surface area contributed by atoms with Crippen LogP contribution < -0.4 is 5.32 Å². The summed E-state index contributed by atoms with van der Waals surface area (Å²) in [6.07, 6.45) is 0.431. The van der Waals surface area contributed by atoms with Crippen LogP contribution in [-0.4, -0.2) is 34.7 Å². The van der Waals surface area contributed by atoms with Gasteiger partial charge in [-0.1, -0.05) is 32.0 Å². The van der Waals surface area contributed by atoms with Crippen LogP contribution in [0, 0.1) is 5.92 Å². The predicted octanol–water partition coefficient (Wildman–Crippen LogP) is 3.58. The smallest absolute Gasteiger partial charge is 0.355 e. The molecule has 0 saturated heterocycles. The molecule has 0 saturated carbocycles. The first-order chi connectivity index (χ1) is 12.4. The average molecular weight is 376 g/mol. The van der Waals surface area contributed by atoms with Crippen molar-refractivity contribution in [3.8, 4) is 10.6 Å². The second-order valence-corrected chi connectivity index (χ2v) is 7.31. The molecule has 2 rings (SSSR count). The van der Waals surface area contributed by atoms with Crippen LogP contribution in [0.2, 0.25) is 0 Å². The highest BCUT2D eigenvalue weighted by atomic mass is 32.1. The van der Waals surface area contributed by atoms with Gasteiger partial charge < -0.3 is 15.2 Å². The molecule has 0 aliphatic heterocycles. The topological polar surface area (TPSA) is 88.5 Å². The summed E-state index contributed by atoms with van der Waals surface area (Å²) in [6.45, 7) is 6.92. The maximum atomic E-state index is 12.1. The highest BCUT2D eigenvalue weighted by Crippen LogP contribution is 2.24. The van der Waals surface area contributed by atoms with Crippen LogP contribution in [0.3, 0.4) is 0 Å². The third-order valence-corrected chi connectivity index (χ3v) is 4.69. The van der Waals surface area contributed by atoms with E-state index in [1.807, 2.05) is 24.3 Å². The van der Waals surface area contributed by atoms with E-state index in [4.69, 9.17) is 9.84 Å². The van der Waals surface area contributed by atoms with Gasteiger partial charge in [0.15, 0.2) is 5.69 Å². The minimum Gasteiger partial charge on any atom is -0.476 e. The zero-order valence-electron chi connectivity index (χ0n) is 15.2. The number of hydrogen-bond donors (Lipinski definition) is 2. The quantitative estimate of drug-likeness (QED) is 0.698. The molecule has 26 heavy (non-hydrogen) atoms. The number of thiazole rings is 1. The minimum atomic E-state index is -1.04. The van der Waals surface area contributed by atoms with E-state index in [0.717, 1.165) is 17.5 Å². The fourth-order valence-corrected chi connectivity index (χ4v) is 3.00. The Labute approximate surface area is 157 Å². The van der Waals surface area contributed by atoms with Gasteiger partial charge in [-0.15, -0.1) is 11.3 Å². The third kappa shape index (κ3) is 5.93. The van der Waals surface area contributed by atoms with Gasteiger partial charge in [0.1, 0.15) is 11.1 Å². The Morgan fingerprint density at radius 3 is 2.73 bits per heavy atom. The van der Waals surface area contributed by atoms with E-state index in [0.29, 0.717) is 24.1 Å². The number of ether oxygens (including phenoxy) is 1. The molecule has 1 heterocycles. The molecule has 1 aromatic heterocycles. The Hall–Kier alpha value is -2.25. The number of carbonyl (C=O) groups excluding carboxylic acids is 1. The number of amides is 1. The number of carboxylic acids is 1. The zero-order chi connectivity index (χ0) is 19.1. The summed E-state index contributed by atoms with van der Waals surface area (Å²) >= 11 is 1.28. The summed E-state index contributed by atoms with van der Waals surface area (Å²) in [7, 11) is 0. The fourth-order valence-electron chi connectivity index (χ4n) is 2.21. The van der Waals surface area contributed by atoms with Crippen LogP contribution >= 0.6 is 11.3 Å². The first kappa shape index (κ1) is 20.1. The Balaban J connectivity index is 1.91. The molecule has 140 valence electrons. The second kappa shape index (κ2) is 9.45. The SMILES string of the molecule is CC(C)CCOC(C)C(=O)NCc1cccc(-c2nc(C(=O)O)cs2)c1. The highest BCUT2D eigenvalue weighted by molar-refractivity contribution is 7.13. The van der Waals surface area contributed by atoms with Crippen molar-refractivity contribution < 1.29 is 19.4 Å². The van der Waals surface area contributed by atoms with Crippen molar-refractivity contribution in [2.75, 3.05) is 6.61 Å². The molecule has 1 atom stereocenters. The van der Waals surface area contributed by atoms with E-state index in [2.05, 4.69) is 24.1 Å². The first-order valence-corrected chi connectivity index (χ1v) is 9.42. The number of rotatable bonds is 9. The van der Waals surface area contributed by atoms with Gasteiger partial charge in [-0.2, -0.15) is 0 Å². The number of aromatic carboxylic acids is 1. The molecule has 1 aromatic carbocycles. The zero-order valence-corrected chi connectivity index (χ0v) is 16.0. The summed E-state index contributed by atoms with van der Waals surface area (Å²) in [4.78, 5) is 27.2. The van der Waals surface area contributed by atoms with Crippen molar-refractivity contribution >= 4 is 23.2 Å². The van der Waals surface area contributed by atoms with Gasteiger partial charge in [-0.05, 0) is 30.9 Å². The molecule has 1 unspecified atom stereocenters. The molecule has 2 N–H and O–H groups in total. The maximum Gasteiger partial charge on any atom is 0.355 e. The van der Waals surface area contributed by atoms with Crippen molar-refractivity contribution in [3.63, 3.8) is 0 Å². The molecule has 0 fully saturated rings. The fraction of sp³-hybridized carbons (Fsp3) is 0.421. The summed E-state index contributed by atoms with van der Waals surface area (Å²) in [5.41, 5.74) is 1.78. The summed E-state index contributed by atoms with van der Waals surface area (Å²) in [5, 5.41) is 14.0. The summed E-state index contributed by atoms with van der Waals surface area (Å²) < 4.78 is 5.55. The van der Waals surface area contributed by atoms with E-state index >= 15 is 0 Å². The molecule has 0 radical (unpaired) electrons. The maximum absolute atomic E-state index is 12.1. The Morgan fingerprint density at radius 2 is 2.08 bits per heavy atom. The van der Waals surface area contributed by atoms with Crippen molar-refractivity contribution in [2.45, 2.75) is 39.8 Å². The van der Waals surface area contributed by atoms with Gasteiger partial charge in [-0.25, -0.2) is 9.78 Å². The molecule has 0 spiro atoms. The third-order valence-electron chi connectivity index (χ3n) is 3.80. The van der Waals surface area contributed by atoms with E-state index < -0.39 is 12.1 Å². The highest BCUT2D eigenvalue weighted by Gasteiger charge is 2.14. The normalized spacial score (nSPS) is 12.2. The Kier molecular flexibility index (Phi) is 7.29. The van der Waals surface area contributed by atoms with Crippen LogP contribution in [0.5, 0.6) is 0 Å². The Bertz CT molecular complexity index is 758. The van der Waals surface area contributed by atoms with Gasteiger partial charge in [-0.3, -0.25) is 4.79 Å². The minimum absolute atomic E-state index is 0.0380. The van der Waals surface area contributed by atoms with E-state index in [-0.39, 0.29) is 11.6 Å². The van der Waals surface area contributed by atoms with Crippen LogP contribution in [0.25, 0.3) is 10.6 Å². The average Bonchev–Trinajstić information content (AvgIpc) is 3.10. The lowest BCUT2D eigenvalue weighted by Gasteiger charge is -2.14. The van der Waals surface area contributed by atoms with Crippen molar-refractivity contribution in [3.05, 3.63) is 40.9 Å². The van der Waals surface area contributed by atoms with E-state index in [1.54, 1.807) is 6.92 Å². The number of hydrogen-bond acceptors (Lipinski definition) is 5. The van der Waals surface area contributed by atoms with E-state index in [1.165, 1.54) is 16.7 Å². The number of aromatic nitrogens is 1. The monoisotopic (exact) mass is 376 g/mol. The summed E-state index contributed by atoms with van der Waals surface area (Å²) in [6, 6.07) is 7.53. The molecule has 7 heteroatoms. The lowest BCUT2D eigenvalue weighted by Crippen LogP contribution is -2.34. The van der Waals surface area contributed by atoms with Gasteiger partial charge in [0.25, 0.3) is 0 Å². The van der Waals surface area contributed by atoms with Crippen LogP contribution in [0.4, 0.5) is 0 Å². The lowest BCUT2D eigenvalue weighted by atomic mass is 10.1. The summed E-state index contributed by atoms with van der Waals surface area (Å²) in [5.74, 6) is -0.649. The van der Waals surface area contributed by atoms with Gasteiger partial charge >= 0.3 is 5.97 Å². The van der Waals surface area contributed by atoms with Crippen LogP contribution in [-0.2, 0) is 16.1 Å².